The first kappa shape index (κ1) is 21.5. The topological polar surface area (TPSA) is 97.4 Å². The molecule has 0 saturated heterocycles. The third-order valence-corrected chi connectivity index (χ3v) is 6.05. The summed E-state index contributed by atoms with van der Waals surface area (Å²) in [5.41, 5.74) is 4.41. The second-order valence-electron chi connectivity index (χ2n) is 8.43. The molecule has 3 aromatic carbocycles. The molecule has 1 atom stereocenters. The molecule has 0 fully saturated rings. The Kier molecular flexibility index (Phi) is 5.17. The number of rotatable bonds is 5. The number of carbonyl (C=O) groups is 1. The van der Waals surface area contributed by atoms with Crippen LogP contribution in [0.25, 0.3) is 33.2 Å². The van der Waals surface area contributed by atoms with Crippen molar-refractivity contribution >= 4 is 33.5 Å². The third kappa shape index (κ3) is 3.61. The van der Waals surface area contributed by atoms with E-state index in [0.717, 1.165) is 27.6 Å². The number of hydrogen-bond acceptors (Lipinski definition) is 5. The maximum Gasteiger partial charge on any atom is 0.337 e. The molecule has 2 N–H and O–H groups in total. The smallest absolute Gasteiger partial charge is 0.337 e. The number of benzene rings is 3. The largest absolute Gasteiger partial charge is 0.478 e. The van der Waals surface area contributed by atoms with Crippen molar-refractivity contribution in [2.75, 3.05) is 5.32 Å². The van der Waals surface area contributed by atoms with Crippen molar-refractivity contribution in [2.24, 2.45) is 7.05 Å². The van der Waals surface area contributed by atoms with E-state index in [0.29, 0.717) is 22.4 Å². The first-order chi connectivity index (χ1) is 16.3. The Morgan fingerprint density at radius 3 is 2.68 bits per heavy atom. The van der Waals surface area contributed by atoms with E-state index < -0.39 is 5.97 Å². The maximum absolute atomic E-state index is 13.2. The number of aryl methyl sites for hydroxylation is 2. The van der Waals surface area contributed by atoms with Gasteiger partial charge in [-0.3, -0.25) is 9.48 Å². The Bertz CT molecular complexity index is 1630. The lowest BCUT2D eigenvalue weighted by Crippen LogP contribution is -2.12. The van der Waals surface area contributed by atoms with Gasteiger partial charge in [-0.05, 0) is 43.7 Å². The SMILES string of the molecule is Cc1cc(C(C)Nc2ccccc2C(=O)O)c2oc(-c3cccc4c3cnn4C)cc(=O)c2c1. The molecule has 0 radical (unpaired) electrons. The van der Waals surface area contributed by atoms with Gasteiger partial charge in [0.2, 0.25) is 0 Å². The maximum atomic E-state index is 13.2. The Hall–Kier alpha value is -4.39. The Labute approximate surface area is 195 Å². The molecule has 0 aliphatic carbocycles. The summed E-state index contributed by atoms with van der Waals surface area (Å²) in [6.07, 6.45) is 1.76. The number of carboxylic acid groups (broad SMARTS) is 1. The van der Waals surface area contributed by atoms with Crippen LogP contribution in [0.2, 0.25) is 0 Å². The van der Waals surface area contributed by atoms with Crippen LogP contribution in [0.4, 0.5) is 5.69 Å². The molecule has 0 aliphatic rings. The lowest BCUT2D eigenvalue weighted by molar-refractivity contribution is 0.0698. The minimum Gasteiger partial charge on any atom is -0.478 e. The number of anilines is 1. The van der Waals surface area contributed by atoms with Gasteiger partial charge in [-0.25, -0.2) is 4.79 Å². The molecule has 170 valence electrons. The predicted molar refractivity (Wildman–Crippen MR) is 132 cm³/mol. The van der Waals surface area contributed by atoms with Gasteiger partial charge < -0.3 is 14.8 Å². The molecule has 1 unspecified atom stereocenters. The third-order valence-electron chi connectivity index (χ3n) is 6.05. The lowest BCUT2D eigenvalue weighted by Gasteiger charge is -2.19. The van der Waals surface area contributed by atoms with Crippen LogP contribution < -0.4 is 10.7 Å². The summed E-state index contributed by atoms with van der Waals surface area (Å²) in [6, 6.07) is 17.5. The number of nitrogens with zero attached hydrogens (tertiary/aromatic N) is 2. The number of aromatic carboxylic acids is 1. The van der Waals surface area contributed by atoms with Crippen molar-refractivity contribution in [3.05, 3.63) is 93.8 Å². The van der Waals surface area contributed by atoms with Crippen LogP contribution in [-0.4, -0.2) is 20.9 Å². The van der Waals surface area contributed by atoms with Gasteiger partial charge in [0.25, 0.3) is 0 Å². The van der Waals surface area contributed by atoms with E-state index in [1.807, 2.05) is 51.2 Å². The van der Waals surface area contributed by atoms with E-state index in [2.05, 4.69) is 10.4 Å². The normalized spacial score (nSPS) is 12.2. The van der Waals surface area contributed by atoms with Crippen molar-refractivity contribution in [1.82, 2.24) is 9.78 Å². The summed E-state index contributed by atoms with van der Waals surface area (Å²) >= 11 is 0. The molecular weight excluding hydrogens is 430 g/mol. The van der Waals surface area contributed by atoms with E-state index in [1.165, 1.54) is 6.07 Å². The molecule has 2 heterocycles. The first-order valence-corrected chi connectivity index (χ1v) is 10.9. The van der Waals surface area contributed by atoms with Crippen LogP contribution in [0.5, 0.6) is 0 Å². The zero-order valence-corrected chi connectivity index (χ0v) is 19.0. The second kappa shape index (κ2) is 8.19. The van der Waals surface area contributed by atoms with Crippen molar-refractivity contribution < 1.29 is 14.3 Å². The zero-order valence-electron chi connectivity index (χ0n) is 19.0. The highest BCUT2D eigenvalue weighted by molar-refractivity contribution is 5.95. The number of hydrogen-bond donors (Lipinski definition) is 2. The minimum absolute atomic E-state index is 0.139. The summed E-state index contributed by atoms with van der Waals surface area (Å²) in [5, 5.41) is 18.5. The van der Waals surface area contributed by atoms with Crippen LogP contribution >= 0.6 is 0 Å². The standard InChI is InChI=1S/C27H23N3O4/c1-15-11-19(16(2)29-22-9-5-4-7-18(22)27(32)33)26-20(12-15)24(31)13-25(34-26)17-8-6-10-23-21(17)14-28-30(23)3/h4-14,16,29H,1-3H3,(H,32,33). The van der Waals surface area contributed by atoms with E-state index in [9.17, 15) is 14.7 Å². The molecule has 0 spiro atoms. The second-order valence-corrected chi connectivity index (χ2v) is 8.43. The fourth-order valence-corrected chi connectivity index (χ4v) is 4.39. The average molecular weight is 453 g/mol. The van der Waals surface area contributed by atoms with Crippen molar-refractivity contribution in [3.63, 3.8) is 0 Å². The van der Waals surface area contributed by atoms with E-state index in [4.69, 9.17) is 4.42 Å². The van der Waals surface area contributed by atoms with Crippen LogP contribution in [-0.2, 0) is 7.05 Å². The predicted octanol–water partition coefficient (Wildman–Crippen LogP) is 5.53. The van der Waals surface area contributed by atoms with Crippen LogP contribution in [0.3, 0.4) is 0 Å². The molecule has 0 amide bonds. The number of nitrogens with one attached hydrogen (secondary N) is 1. The van der Waals surface area contributed by atoms with Crippen LogP contribution in [0, 0.1) is 6.92 Å². The van der Waals surface area contributed by atoms with Crippen molar-refractivity contribution in [3.8, 4) is 11.3 Å². The molecule has 0 aliphatic heterocycles. The quantitative estimate of drug-likeness (QED) is 0.363. The van der Waals surface area contributed by atoms with Crippen LogP contribution in [0.15, 0.2) is 76.1 Å². The highest BCUT2D eigenvalue weighted by Gasteiger charge is 2.19. The van der Waals surface area contributed by atoms with Gasteiger partial charge in [0.1, 0.15) is 11.3 Å². The average Bonchev–Trinajstić information content (AvgIpc) is 3.20. The van der Waals surface area contributed by atoms with Gasteiger partial charge in [0.05, 0.1) is 28.7 Å². The van der Waals surface area contributed by atoms with Gasteiger partial charge in [0, 0.05) is 35.3 Å². The molecule has 7 heteroatoms. The fourth-order valence-electron chi connectivity index (χ4n) is 4.39. The summed E-state index contributed by atoms with van der Waals surface area (Å²) in [7, 11) is 1.87. The molecule has 34 heavy (non-hydrogen) atoms. The Morgan fingerprint density at radius 2 is 1.88 bits per heavy atom. The Balaban J connectivity index is 1.68. The van der Waals surface area contributed by atoms with Crippen molar-refractivity contribution in [1.29, 1.82) is 0 Å². The van der Waals surface area contributed by atoms with E-state index in [-0.39, 0.29) is 17.0 Å². The molecule has 5 rings (SSSR count). The molecule has 7 nitrogen and oxygen atoms in total. The molecular formula is C27H23N3O4. The lowest BCUT2D eigenvalue weighted by atomic mass is 10.00. The molecule has 0 bridgehead atoms. The summed E-state index contributed by atoms with van der Waals surface area (Å²) in [4.78, 5) is 24.8. The summed E-state index contributed by atoms with van der Waals surface area (Å²) in [6.45, 7) is 3.84. The monoisotopic (exact) mass is 453 g/mol. The van der Waals surface area contributed by atoms with E-state index >= 15 is 0 Å². The number of aromatic nitrogens is 2. The van der Waals surface area contributed by atoms with Gasteiger partial charge >= 0.3 is 5.97 Å². The summed E-state index contributed by atoms with van der Waals surface area (Å²) in [5.74, 6) is -0.554. The fraction of sp³-hybridized carbons (Fsp3) is 0.148. The highest BCUT2D eigenvalue weighted by Crippen LogP contribution is 2.33. The first-order valence-electron chi connectivity index (χ1n) is 10.9. The molecule has 5 aromatic rings. The highest BCUT2D eigenvalue weighted by atomic mass is 16.4. The number of fused-ring (bicyclic) bond motifs is 2. The van der Waals surface area contributed by atoms with Crippen molar-refractivity contribution in [2.45, 2.75) is 19.9 Å². The van der Waals surface area contributed by atoms with Crippen LogP contribution in [0.1, 0.15) is 34.5 Å². The summed E-state index contributed by atoms with van der Waals surface area (Å²) < 4.78 is 8.15. The zero-order chi connectivity index (χ0) is 24.0. The van der Waals surface area contributed by atoms with E-state index in [1.54, 1.807) is 35.1 Å². The Morgan fingerprint density at radius 1 is 1.09 bits per heavy atom. The number of carboxylic acids is 1. The molecule has 0 saturated carbocycles. The number of para-hydroxylation sites is 1. The van der Waals surface area contributed by atoms with Gasteiger partial charge in [-0.1, -0.05) is 30.3 Å². The van der Waals surface area contributed by atoms with Gasteiger partial charge in [-0.15, -0.1) is 0 Å². The van der Waals surface area contributed by atoms with Gasteiger partial charge in [0.15, 0.2) is 5.43 Å². The minimum atomic E-state index is -1.01. The van der Waals surface area contributed by atoms with Gasteiger partial charge in [-0.2, -0.15) is 5.10 Å². The molecule has 2 aromatic heterocycles.